The minimum Gasteiger partial charge on any atom is -0.387 e. The van der Waals surface area contributed by atoms with Crippen LogP contribution in [0.1, 0.15) is 36.7 Å². The molecule has 1 atom stereocenters. The molecule has 0 spiro atoms. The van der Waals surface area contributed by atoms with Crippen LogP contribution in [0.25, 0.3) is 32.2 Å². The van der Waals surface area contributed by atoms with Crippen LogP contribution < -0.4 is 0 Å². The Balaban J connectivity index is 1.52. The van der Waals surface area contributed by atoms with Crippen molar-refractivity contribution in [2.75, 3.05) is 0 Å². The molecule has 132 valence electrons. The number of hydrogen-bond acceptors (Lipinski definition) is 4. The first kappa shape index (κ1) is 16.0. The summed E-state index contributed by atoms with van der Waals surface area (Å²) < 4.78 is 3.02. The van der Waals surface area contributed by atoms with Crippen LogP contribution in [-0.2, 0) is 7.05 Å². The van der Waals surface area contributed by atoms with Crippen LogP contribution in [-0.4, -0.2) is 19.9 Å². The highest BCUT2D eigenvalue weighted by Gasteiger charge is 2.25. The Morgan fingerprint density at radius 2 is 1.96 bits per heavy atom. The Bertz CT molecular complexity index is 1090. The maximum atomic E-state index is 10.7. The van der Waals surface area contributed by atoms with E-state index in [2.05, 4.69) is 40.4 Å². The number of aromatic nitrogens is 3. The van der Waals surface area contributed by atoms with Crippen molar-refractivity contribution in [2.45, 2.75) is 31.8 Å². The standard InChI is InChI=1S/C21H21N3OS/c1-24-12-17-8-16(11-22-21(17)23-24)14-6-7-15-10-19(26-18(15)9-14)20(25)13-4-2-3-5-13/h6-13,20,25H,2-5H2,1H3/t20-/m0/s1. The second kappa shape index (κ2) is 6.18. The molecule has 1 fully saturated rings. The molecule has 0 radical (unpaired) electrons. The maximum absolute atomic E-state index is 10.7. The first-order chi connectivity index (χ1) is 12.7. The molecule has 4 nitrogen and oxygen atoms in total. The topological polar surface area (TPSA) is 50.9 Å². The van der Waals surface area contributed by atoms with E-state index in [0.29, 0.717) is 5.92 Å². The van der Waals surface area contributed by atoms with Crippen LogP contribution >= 0.6 is 11.3 Å². The Hall–Kier alpha value is -2.24. The normalized spacial score (nSPS) is 16.7. The fourth-order valence-corrected chi connectivity index (χ4v) is 5.26. The van der Waals surface area contributed by atoms with Crippen molar-refractivity contribution in [1.29, 1.82) is 0 Å². The van der Waals surface area contributed by atoms with Gasteiger partial charge < -0.3 is 5.11 Å². The van der Waals surface area contributed by atoms with E-state index in [4.69, 9.17) is 0 Å². The summed E-state index contributed by atoms with van der Waals surface area (Å²) >= 11 is 1.72. The van der Waals surface area contributed by atoms with Crippen molar-refractivity contribution in [3.63, 3.8) is 0 Å². The molecule has 26 heavy (non-hydrogen) atoms. The lowest BCUT2D eigenvalue weighted by atomic mass is 9.99. The van der Waals surface area contributed by atoms with Gasteiger partial charge in [0.25, 0.3) is 0 Å². The van der Waals surface area contributed by atoms with E-state index in [0.717, 1.165) is 39.9 Å². The number of pyridine rings is 1. The molecule has 5 rings (SSSR count). The van der Waals surface area contributed by atoms with Gasteiger partial charge in [-0.1, -0.05) is 25.0 Å². The molecular formula is C21H21N3OS. The number of benzene rings is 1. The molecule has 1 aliphatic rings. The van der Waals surface area contributed by atoms with Crippen molar-refractivity contribution in [3.8, 4) is 11.1 Å². The van der Waals surface area contributed by atoms with E-state index >= 15 is 0 Å². The predicted octanol–water partition coefficient (Wildman–Crippen LogP) is 5.07. The average molecular weight is 363 g/mol. The second-order valence-corrected chi connectivity index (χ2v) is 8.45. The summed E-state index contributed by atoms with van der Waals surface area (Å²) in [7, 11) is 1.91. The third kappa shape index (κ3) is 2.72. The Morgan fingerprint density at radius 1 is 1.12 bits per heavy atom. The van der Waals surface area contributed by atoms with E-state index in [1.165, 1.54) is 22.9 Å². The highest BCUT2D eigenvalue weighted by Crippen LogP contribution is 2.40. The molecule has 5 heteroatoms. The molecule has 3 aromatic heterocycles. The molecular weight excluding hydrogens is 342 g/mol. The van der Waals surface area contributed by atoms with Gasteiger partial charge in [-0.05, 0) is 47.9 Å². The lowest BCUT2D eigenvalue weighted by Crippen LogP contribution is -2.06. The van der Waals surface area contributed by atoms with Crippen LogP contribution in [0.5, 0.6) is 0 Å². The molecule has 1 aliphatic carbocycles. The zero-order valence-corrected chi connectivity index (χ0v) is 15.5. The van der Waals surface area contributed by atoms with E-state index < -0.39 is 0 Å². The summed E-state index contributed by atoms with van der Waals surface area (Å²) in [5, 5.41) is 17.3. The molecule has 0 bridgehead atoms. The van der Waals surface area contributed by atoms with Gasteiger partial charge in [0, 0.05) is 40.0 Å². The largest absolute Gasteiger partial charge is 0.387 e. The quantitative estimate of drug-likeness (QED) is 0.553. The number of fused-ring (bicyclic) bond motifs is 2. The van der Waals surface area contributed by atoms with Gasteiger partial charge in [0.1, 0.15) is 0 Å². The molecule has 0 amide bonds. The average Bonchev–Trinajstić information content (AvgIpc) is 3.37. The van der Waals surface area contributed by atoms with Crippen molar-refractivity contribution in [2.24, 2.45) is 13.0 Å². The van der Waals surface area contributed by atoms with Gasteiger partial charge in [-0.3, -0.25) is 4.68 Å². The van der Waals surface area contributed by atoms with E-state index in [9.17, 15) is 5.11 Å². The zero-order valence-electron chi connectivity index (χ0n) is 14.7. The highest BCUT2D eigenvalue weighted by atomic mass is 32.1. The fraction of sp³-hybridized carbons (Fsp3) is 0.333. The first-order valence-corrected chi connectivity index (χ1v) is 10.0. The third-order valence-corrected chi connectivity index (χ3v) is 6.65. The molecule has 1 N–H and O–H groups in total. The van der Waals surface area contributed by atoms with Crippen LogP contribution in [0.2, 0.25) is 0 Å². The van der Waals surface area contributed by atoms with Gasteiger partial charge in [-0.2, -0.15) is 5.10 Å². The Labute approximate surface area is 156 Å². The molecule has 1 saturated carbocycles. The number of aryl methyl sites for hydroxylation is 1. The predicted molar refractivity (Wildman–Crippen MR) is 106 cm³/mol. The SMILES string of the molecule is Cn1cc2cc(-c3ccc4cc([C@@H](O)C5CCCC5)sc4c3)cnc2n1. The fourth-order valence-electron chi connectivity index (χ4n) is 4.07. The Morgan fingerprint density at radius 3 is 2.81 bits per heavy atom. The van der Waals surface area contributed by atoms with Crippen LogP contribution in [0.15, 0.2) is 42.7 Å². The minimum atomic E-state index is -0.313. The van der Waals surface area contributed by atoms with Crippen molar-refractivity contribution in [3.05, 3.63) is 47.6 Å². The van der Waals surface area contributed by atoms with Gasteiger partial charge in [0.05, 0.1) is 6.10 Å². The van der Waals surface area contributed by atoms with Crippen LogP contribution in [0.3, 0.4) is 0 Å². The van der Waals surface area contributed by atoms with E-state index in [1.54, 1.807) is 16.0 Å². The monoisotopic (exact) mass is 363 g/mol. The number of aliphatic hydroxyl groups is 1. The maximum Gasteiger partial charge on any atom is 0.181 e. The summed E-state index contributed by atoms with van der Waals surface area (Å²) in [4.78, 5) is 5.58. The summed E-state index contributed by atoms with van der Waals surface area (Å²) in [6.45, 7) is 0. The van der Waals surface area contributed by atoms with Gasteiger partial charge in [0.2, 0.25) is 0 Å². The smallest absolute Gasteiger partial charge is 0.181 e. The zero-order chi connectivity index (χ0) is 17.7. The number of hydrogen-bond donors (Lipinski definition) is 1. The van der Waals surface area contributed by atoms with E-state index in [1.807, 2.05) is 19.4 Å². The summed E-state index contributed by atoms with van der Waals surface area (Å²) in [5.41, 5.74) is 3.02. The number of rotatable bonds is 3. The number of thiophene rings is 1. The lowest BCUT2D eigenvalue weighted by molar-refractivity contribution is 0.115. The molecule has 0 aliphatic heterocycles. The minimum absolute atomic E-state index is 0.313. The van der Waals surface area contributed by atoms with Gasteiger partial charge in [-0.25, -0.2) is 4.98 Å². The van der Waals surface area contributed by atoms with Gasteiger partial charge >= 0.3 is 0 Å². The third-order valence-electron chi connectivity index (χ3n) is 5.48. The van der Waals surface area contributed by atoms with Gasteiger partial charge in [-0.15, -0.1) is 11.3 Å². The van der Waals surface area contributed by atoms with Crippen LogP contribution in [0, 0.1) is 5.92 Å². The summed E-state index contributed by atoms with van der Waals surface area (Å²) in [5.74, 6) is 0.430. The highest BCUT2D eigenvalue weighted by molar-refractivity contribution is 7.19. The second-order valence-electron chi connectivity index (χ2n) is 7.33. The van der Waals surface area contributed by atoms with Gasteiger partial charge in [0.15, 0.2) is 5.65 Å². The summed E-state index contributed by atoms with van der Waals surface area (Å²) in [6, 6.07) is 10.8. The van der Waals surface area contributed by atoms with Crippen molar-refractivity contribution < 1.29 is 5.11 Å². The number of nitrogens with zero attached hydrogens (tertiary/aromatic N) is 3. The van der Waals surface area contributed by atoms with Crippen molar-refractivity contribution in [1.82, 2.24) is 14.8 Å². The number of aliphatic hydroxyl groups excluding tert-OH is 1. The molecule has 1 aromatic carbocycles. The Kier molecular flexibility index (Phi) is 3.80. The lowest BCUT2D eigenvalue weighted by Gasteiger charge is -2.15. The molecule has 3 heterocycles. The van der Waals surface area contributed by atoms with Crippen molar-refractivity contribution >= 4 is 32.5 Å². The molecule has 0 unspecified atom stereocenters. The first-order valence-electron chi connectivity index (χ1n) is 9.19. The molecule has 4 aromatic rings. The molecule has 0 saturated heterocycles. The summed E-state index contributed by atoms with van der Waals surface area (Å²) in [6.07, 6.45) is 8.37. The van der Waals surface area contributed by atoms with E-state index in [-0.39, 0.29) is 6.10 Å². The van der Waals surface area contributed by atoms with Crippen LogP contribution in [0.4, 0.5) is 0 Å².